The Morgan fingerprint density at radius 2 is 2.09 bits per heavy atom. The Morgan fingerprint density at radius 1 is 1.41 bits per heavy atom. The predicted molar refractivity (Wildman–Crippen MR) is 78.8 cm³/mol. The molecule has 10 heteroatoms. The molecule has 0 saturated heterocycles. The topological polar surface area (TPSA) is 93.3 Å². The van der Waals surface area contributed by atoms with Crippen LogP contribution in [0.2, 0.25) is 10.4 Å². The Balaban J connectivity index is 2.35. The number of halogens is 3. The predicted octanol–water partition coefficient (Wildman–Crippen LogP) is 1.40. The van der Waals surface area contributed by atoms with Gasteiger partial charge in [0.15, 0.2) is 10.8 Å². The number of fused-ring (bicyclic) bond motifs is 1. The van der Waals surface area contributed by atoms with E-state index >= 15 is 0 Å². The van der Waals surface area contributed by atoms with E-state index in [9.17, 15) is 9.50 Å². The molecule has 4 atom stereocenters. The lowest BCUT2D eigenvalue weighted by atomic mass is 10.0. The molecule has 22 heavy (non-hydrogen) atoms. The van der Waals surface area contributed by atoms with Crippen LogP contribution >= 0.6 is 23.2 Å². The molecule has 0 radical (unpaired) electrons. The third-order valence-electron chi connectivity index (χ3n) is 3.44. The maximum absolute atomic E-state index is 14.5. The minimum Gasteiger partial charge on any atom is -0.394 e. The van der Waals surface area contributed by atoms with Crippen molar-refractivity contribution in [1.82, 2.24) is 19.5 Å². The molecule has 0 saturated carbocycles. The summed E-state index contributed by atoms with van der Waals surface area (Å²) in [6.07, 6.45) is -2.95. The molecule has 0 aliphatic carbocycles. The van der Waals surface area contributed by atoms with Crippen LogP contribution in [0.4, 0.5) is 4.39 Å². The monoisotopic (exact) mass is 352 g/mol. The Morgan fingerprint density at radius 3 is 2.68 bits per heavy atom. The number of methoxy groups -OCH3 is 1. The number of rotatable bonds is 6. The number of alkyl halides is 1. The maximum Gasteiger partial charge on any atom is 0.225 e. The Kier molecular flexibility index (Phi) is 5.51. The van der Waals surface area contributed by atoms with Crippen molar-refractivity contribution >= 4 is 34.4 Å². The fourth-order valence-electron chi connectivity index (χ4n) is 2.12. The van der Waals surface area contributed by atoms with Gasteiger partial charge in [-0.15, -0.1) is 0 Å². The first-order valence-corrected chi connectivity index (χ1v) is 7.17. The second-order valence-electron chi connectivity index (χ2n) is 4.74. The van der Waals surface area contributed by atoms with Crippen LogP contribution in [0.5, 0.6) is 0 Å². The van der Waals surface area contributed by atoms with Crippen molar-refractivity contribution < 1.29 is 19.3 Å². The van der Waals surface area contributed by atoms with E-state index in [4.69, 9.17) is 33.0 Å². The molecule has 2 aromatic rings. The molecule has 0 bridgehead atoms. The van der Waals surface area contributed by atoms with Gasteiger partial charge in [-0.1, -0.05) is 11.6 Å². The lowest BCUT2D eigenvalue weighted by Gasteiger charge is -2.27. The van der Waals surface area contributed by atoms with Crippen molar-refractivity contribution in [2.45, 2.75) is 31.3 Å². The van der Waals surface area contributed by atoms with Gasteiger partial charge >= 0.3 is 0 Å². The van der Waals surface area contributed by atoms with E-state index in [1.807, 2.05) is 0 Å². The van der Waals surface area contributed by atoms with Crippen molar-refractivity contribution in [3.8, 4) is 0 Å². The van der Waals surface area contributed by atoms with Crippen molar-refractivity contribution in [1.29, 1.82) is 0 Å². The van der Waals surface area contributed by atoms with Gasteiger partial charge in [0.05, 0.1) is 19.0 Å². The van der Waals surface area contributed by atoms with Crippen LogP contribution in [-0.4, -0.2) is 61.8 Å². The highest BCUT2D eigenvalue weighted by molar-refractivity contribution is 6.35. The number of ether oxygens (including phenoxy) is 1. The number of nitrogens with zero attached hydrogens (tertiary/aromatic N) is 4. The maximum atomic E-state index is 14.5. The van der Waals surface area contributed by atoms with Gasteiger partial charge in [0.2, 0.25) is 5.28 Å². The van der Waals surface area contributed by atoms with Crippen molar-refractivity contribution in [2.24, 2.45) is 0 Å². The molecule has 2 aromatic heterocycles. The summed E-state index contributed by atoms with van der Waals surface area (Å²) in [5.41, 5.74) is 0.537. The van der Waals surface area contributed by atoms with Gasteiger partial charge in [-0.2, -0.15) is 4.98 Å². The molecule has 2 heterocycles. The van der Waals surface area contributed by atoms with Crippen molar-refractivity contribution in [3.63, 3.8) is 0 Å². The molecule has 122 valence electrons. The molecule has 0 fully saturated rings. The first-order chi connectivity index (χ1) is 10.4. The van der Waals surface area contributed by atoms with E-state index in [0.29, 0.717) is 0 Å². The molecule has 0 amide bonds. The fourth-order valence-corrected chi connectivity index (χ4v) is 2.54. The van der Waals surface area contributed by atoms with Crippen LogP contribution in [0.15, 0.2) is 6.33 Å². The van der Waals surface area contributed by atoms with Gasteiger partial charge in [-0.3, -0.25) is 0 Å². The van der Waals surface area contributed by atoms with Crippen molar-refractivity contribution in [2.75, 3.05) is 13.7 Å². The highest BCUT2D eigenvalue weighted by Crippen LogP contribution is 2.27. The van der Waals surface area contributed by atoms with Crippen molar-refractivity contribution in [3.05, 3.63) is 16.8 Å². The first-order valence-electron chi connectivity index (χ1n) is 6.42. The summed E-state index contributed by atoms with van der Waals surface area (Å²) in [4.78, 5) is 11.8. The highest BCUT2D eigenvalue weighted by Gasteiger charge is 2.33. The van der Waals surface area contributed by atoms with E-state index in [2.05, 4.69) is 15.0 Å². The zero-order valence-electron chi connectivity index (χ0n) is 11.8. The van der Waals surface area contributed by atoms with Crippen LogP contribution in [-0.2, 0) is 4.74 Å². The lowest BCUT2D eigenvalue weighted by molar-refractivity contribution is -0.0806. The van der Waals surface area contributed by atoms with E-state index in [1.54, 1.807) is 0 Å². The molecule has 7 nitrogen and oxygen atoms in total. The summed E-state index contributed by atoms with van der Waals surface area (Å²) in [7, 11) is 1.28. The number of imidazole rings is 1. The van der Waals surface area contributed by atoms with Gasteiger partial charge in [0, 0.05) is 7.11 Å². The molecule has 2 rings (SSSR count). The number of aliphatic hydroxyl groups is 2. The quantitative estimate of drug-likeness (QED) is 0.602. The van der Waals surface area contributed by atoms with Gasteiger partial charge in [-0.05, 0) is 18.5 Å². The summed E-state index contributed by atoms with van der Waals surface area (Å²) in [5.74, 6) is 0. The second kappa shape index (κ2) is 7.01. The van der Waals surface area contributed by atoms with E-state index in [-0.39, 0.29) is 21.6 Å². The summed E-state index contributed by atoms with van der Waals surface area (Å²) >= 11 is 11.7. The average Bonchev–Trinajstić information content (AvgIpc) is 2.90. The van der Waals surface area contributed by atoms with Gasteiger partial charge in [-0.25, -0.2) is 14.4 Å². The number of aliphatic hydroxyl groups excluding tert-OH is 2. The Hall–Kier alpha value is -1.06. The van der Waals surface area contributed by atoms with Crippen LogP contribution < -0.4 is 0 Å². The molecule has 0 spiro atoms. The lowest BCUT2D eigenvalue weighted by Crippen LogP contribution is -2.42. The zero-order chi connectivity index (χ0) is 16.4. The average molecular weight is 353 g/mol. The summed E-state index contributed by atoms with van der Waals surface area (Å²) in [5, 5.41) is 19.0. The third-order valence-corrected chi connectivity index (χ3v) is 3.87. The first kappa shape index (κ1) is 17.3. The SMILES string of the molecule is COC(CO)C(O)C(F)C(C)n1cnc2c(Cl)nc(Cl)nc21. The summed E-state index contributed by atoms with van der Waals surface area (Å²) in [6, 6.07) is -0.841. The highest BCUT2D eigenvalue weighted by atomic mass is 35.5. The molecular formula is C12H15Cl2FN4O3. The Bertz CT molecular complexity index is 653. The van der Waals surface area contributed by atoms with Gasteiger partial charge < -0.3 is 19.5 Å². The fraction of sp³-hybridized carbons (Fsp3) is 0.583. The minimum absolute atomic E-state index is 0.0574. The summed E-state index contributed by atoms with van der Waals surface area (Å²) in [6.45, 7) is 1.03. The van der Waals surface area contributed by atoms with E-state index in [1.165, 1.54) is 24.9 Å². The molecular weight excluding hydrogens is 338 g/mol. The number of aromatic nitrogens is 4. The van der Waals surface area contributed by atoms with Gasteiger partial charge in [0.1, 0.15) is 23.9 Å². The normalized spacial score (nSPS) is 17.4. The standard InChI is InChI=1S/C12H15Cl2FN4O3/c1-5(7(15)9(21)6(3-20)22-2)19-4-16-8-10(13)17-12(14)18-11(8)19/h4-7,9,20-21H,3H2,1-2H3. The van der Waals surface area contributed by atoms with Gasteiger partial charge in [0.25, 0.3) is 0 Å². The molecule has 0 aliphatic heterocycles. The molecule has 2 N–H and O–H groups in total. The molecule has 0 aromatic carbocycles. The van der Waals surface area contributed by atoms with Crippen LogP contribution in [0.25, 0.3) is 11.2 Å². The number of hydrogen-bond acceptors (Lipinski definition) is 6. The van der Waals surface area contributed by atoms with E-state index < -0.39 is 31.0 Å². The van der Waals surface area contributed by atoms with E-state index in [0.717, 1.165) is 0 Å². The Labute approximate surface area is 135 Å². The summed E-state index contributed by atoms with van der Waals surface area (Å²) < 4.78 is 20.7. The smallest absolute Gasteiger partial charge is 0.225 e. The van der Waals surface area contributed by atoms with Crippen LogP contribution in [0.1, 0.15) is 13.0 Å². The molecule has 4 unspecified atom stereocenters. The largest absolute Gasteiger partial charge is 0.394 e. The third kappa shape index (κ3) is 3.16. The second-order valence-corrected chi connectivity index (χ2v) is 5.44. The zero-order valence-corrected chi connectivity index (χ0v) is 13.3. The minimum atomic E-state index is -1.73. The van der Waals surface area contributed by atoms with Crippen LogP contribution in [0.3, 0.4) is 0 Å². The number of hydrogen-bond donors (Lipinski definition) is 2. The molecule has 0 aliphatic rings. The van der Waals surface area contributed by atoms with Crippen LogP contribution in [0, 0.1) is 0 Å².